The van der Waals surface area contributed by atoms with Crippen LogP contribution in [0.25, 0.3) is 0 Å². The molecule has 2 atom stereocenters. The number of anilines is 1. The molecule has 0 aromatic heterocycles. The van der Waals surface area contributed by atoms with E-state index in [4.69, 9.17) is 22.1 Å². The normalized spacial score (nSPS) is 28.1. The third-order valence-corrected chi connectivity index (χ3v) is 4.56. The molecular weight excluding hydrogens is 260 g/mol. The average Bonchev–Trinajstić information content (AvgIpc) is 2.42. The second-order valence-electron chi connectivity index (χ2n) is 5.57. The Bertz CT molecular complexity index is 450. The molecule has 3 nitrogen and oxygen atoms in total. The van der Waals surface area contributed by atoms with Gasteiger partial charge in [-0.3, -0.25) is 4.90 Å². The average molecular weight is 281 g/mol. The van der Waals surface area contributed by atoms with Crippen molar-refractivity contribution in [3.63, 3.8) is 0 Å². The van der Waals surface area contributed by atoms with Crippen LogP contribution in [0.4, 0.5) is 5.69 Å². The van der Waals surface area contributed by atoms with Crippen LogP contribution >= 0.6 is 11.6 Å². The zero-order valence-electron chi connectivity index (χ0n) is 11.1. The number of hydrogen-bond acceptors (Lipinski definition) is 3. The first-order valence-electron chi connectivity index (χ1n) is 7.13. The monoisotopic (exact) mass is 280 g/mol. The first-order valence-corrected chi connectivity index (χ1v) is 7.51. The van der Waals surface area contributed by atoms with Gasteiger partial charge >= 0.3 is 0 Å². The predicted octanol–water partition coefficient (Wildman–Crippen LogP) is 3.07. The van der Waals surface area contributed by atoms with Gasteiger partial charge in [-0.25, -0.2) is 0 Å². The highest BCUT2D eigenvalue weighted by molar-refractivity contribution is 6.30. The van der Waals surface area contributed by atoms with Gasteiger partial charge in [0.05, 0.1) is 12.7 Å². The van der Waals surface area contributed by atoms with E-state index >= 15 is 0 Å². The Kier molecular flexibility index (Phi) is 3.96. The van der Waals surface area contributed by atoms with Crippen molar-refractivity contribution >= 4 is 17.3 Å². The summed E-state index contributed by atoms with van der Waals surface area (Å²) in [6.07, 6.45) is 5.50. The summed E-state index contributed by atoms with van der Waals surface area (Å²) in [6, 6.07) is 6.38. The lowest BCUT2D eigenvalue weighted by Crippen LogP contribution is -2.52. The van der Waals surface area contributed by atoms with Crippen LogP contribution in [0.2, 0.25) is 5.02 Å². The lowest BCUT2D eigenvalue weighted by Gasteiger charge is -2.44. The van der Waals surface area contributed by atoms with E-state index in [1.165, 1.54) is 31.2 Å². The fraction of sp³-hybridized carbons (Fsp3) is 0.600. The van der Waals surface area contributed by atoms with Gasteiger partial charge in [0, 0.05) is 29.8 Å². The Labute approximate surface area is 119 Å². The van der Waals surface area contributed by atoms with Crippen LogP contribution in [-0.2, 0) is 11.3 Å². The Balaban J connectivity index is 1.74. The third-order valence-electron chi connectivity index (χ3n) is 4.33. The smallest absolute Gasteiger partial charge is 0.0731 e. The van der Waals surface area contributed by atoms with Crippen LogP contribution in [-0.4, -0.2) is 30.2 Å². The largest absolute Gasteiger partial charge is 0.398 e. The number of halogens is 1. The summed E-state index contributed by atoms with van der Waals surface area (Å²) in [6.45, 7) is 2.76. The maximum Gasteiger partial charge on any atom is 0.0731 e. The van der Waals surface area contributed by atoms with Gasteiger partial charge < -0.3 is 10.5 Å². The highest BCUT2D eigenvalue weighted by Crippen LogP contribution is 2.30. The quantitative estimate of drug-likeness (QED) is 0.846. The van der Waals surface area contributed by atoms with Crippen molar-refractivity contribution < 1.29 is 4.74 Å². The molecule has 1 saturated heterocycles. The molecule has 1 aliphatic carbocycles. The molecule has 3 rings (SSSR count). The molecule has 2 aliphatic rings. The number of hydrogen-bond donors (Lipinski definition) is 1. The van der Waals surface area contributed by atoms with Gasteiger partial charge in [0.2, 0.25) is 0 Å². The summed E-state index contributed by atoms with van der Waals surface area (Å²) in [5.74, 6) is 0. The number of rotatable bonds is 2. The lowest BCUT2D eigenvalue weighted by atomic mass is 9.90. The predicted molar refractivity (Wildman–Crippen MR) is 78.3 cm³/mol. The van der Waals surface area contributed by atoms with Crippen molar-refractivity contribution in [2.75, 3.05) is 18.9 Å². The van der Waals surface area contributed by atoms with Crippen LogP contribution in [0.15, 0.2) is 18.2 Å². The molecule has 1 saturated carbocycles. The van der Waals surface area contributed by atoms with Gasteiger partial charge in [0.25, 0.3) is 0 Å². The zero-order valence-corrected chi connectivity index (χ0v) is 11.9. The minimum Gasteiger partial charge on any atom is -0.398 e. The van der Waals surface area contributed by atoms with Gasteiger partial charge in [0.15, 0.2) is 0 Å². The lowest BCUT2D eigenvalue weighted by molar-refractivity contribution is -0.0910. The Hall–Kier alpha value is -0.770. The number of fused-ring (bicyclic) bond motifs is 1. The van der Waals surface area contributed by atoms with Crippen molar-refractivity contribution in [1.82, 2.24) is 4.90 Å². The van der Waals surface area contributed by atoms with E-state index in [-0.39, 0.29) is 0 Å². The van der Waals surface area contributed by atoms with Crippen LogP contribution in [0, 0.1) is 0 Å². The van der Waals surface area contributed by atoms with Crippen LogP contribution in [0.1, 0.15) is 31.2 Å². The van der Waals surface area contributed by atoms with E-state index in [2.05, 4.69) is 4.90 Å². The molecule has 2 unspecified atom stereocenters. The van der Waals surface area contributed by atoms with Crippen molar-refractivity contribution in [1.29, 1.82) is 0 Å². The maximum absolute atomic E-state index is 6.06. The molecule has 1 aromatic rings. The number of ether oxygens (including phenoxy) is 1. The molecule has 0 bridgehead atoms. The summed E-state index contributed by atoms with van der Waals surface area (Å²) < 4.78 is 5.91. The van der Waals surface area contributed by atoms with E-state index in [9.17, 15) is 0 Å². The van der Waals surface area contributed by atoms with Crippen molar-refractivity contribution in [2.45, 2.75) is 44.4 Å². The zero-order chi connectivity index (χ0) is 13.2. The van der Waals surface area contributed by atoms with E-state index in [0.29, 0.717) is 17.2 Å². The molecule has 19 heavy (non-hydrogen) atoms. The fourth-order valence-corrected chi connectivity index (χ4v) is 3.48. The molecule has 0 radical (unpaired) electrons. The third kappa shape index (κ3) is 2.88. The van der Waals surface area contributed by atoms with Crippen molar-refractivity contribution in [3.8, 4) is 0 Å². The highest BCUT2D eigenvalue weighted by Gasteiger charge is 2.34. The molecule has 2 N–H and O–H groups in total. The molecule has 1 heterocycles. The minimum absolute atomic E-state index is 0.427. The number of morpholine rings is 1. The van der Waals surface area contributed by atoms with Crippen molar-refractivity contribution in [3.05, 3.63) is 28.8 Å². The summed E-state index contributed by atoms with van der Waals surface area (Å²) in [7, 11) is 0. The molecule has 1 aliphatic heterocycles. The second kappa shape index (κ2) is 5.70. The van der Waals surface area contributed by atoms with E-state index in [0.717, 1.165) is 25.4 Å². The van der Waals surface area contributed by atoms with Gasteiger partial charge in [-0.15, -0.1) is 0 Å². The molecule has 0 amide bonds. The van der Waals surface area contributed by atoms with E-state index in [1.807, 2.05) is 18.2 Å². The molecule has 2 fully saturated rings. The minimum atomic E-state index is 0.427. The van der Waals surface area contributed by atoms with Gasteiger partial charge in [-0.05, 0) is 30.5 Å². The molecule has 4 heteroatoms. The Morgan fingerprint density at radius 3 is 3.00 bits per heavy atom. The Morgan fingerprint density at radius 1 is 1.32 bits per heavy atom. The van der Waals surface area contributed by atoms with Crippen LogP contribution in [0.3, 0.4) is 0 Å². The standard InChI is InChI=1S/C15H21ClN2O/c16-12-6-5-11(13(17)9-12)10-18-7-8-19-15-4-2-1-3-14(15)18/h5-6,9,14-15H,1-4,7-8,10,17H2. The summed E-state index contributed by atoms with van der Waals surface area (Å²) in [5, 5.41) is 0.707. The van der Waals surface area contributed by atoms with Gasteiger partial charge in [0.1, 0.15) is 0 Å². The number of nitrogens with zero attached hydrogens (tertiary/aromatic N) is 1. The fourth-order valence-electron chi connectivity index (χ4n) is 3.30. The maximum atomic E-state index is 6.06. The first kappa shape index (κ1) is 13.2. The molecule has 1 aromatic carbocycles. The van der Waals surface area contributed by atoms with Crippen molar-refractivity contribution in [2.24, 2.45) is 0 Å². The van der Waals surface area contributed by atoms with Crippen LogP contribution in [0.5, 0.6) is 0 Å². The molecule has 0 spiro atoms. The molecular formula is C15H21ClN2O. The second-order valence-corrected chi connectivity index (χ2v) is 6.01. The first-order chi connectivity index (χ1) is 9.24. The SMILES string of the molecule is Nc1cc(Cl)ccc1CN1CCOC2CCCCC21. The summed E-state index contributed by atoms with van der Waals surface area (Å²) in [4.78, 5) is 2.53. The van der Waals surface area contributed by atoms with E-state index < -0.39 is 0 Å². The topological polar surface area (TPSA) is 38.5 Å². The van der Waals surface area contributed by atoms with Crippen LogP contribution < -0.4 is 5.73 Å². The van der Waals surface area contributed by atoms with E-state index in [1.54, 1.807) is 0 Å². The highest BCUT2D eigenvalue weighted by atomic mass is 35.5. The molecule has 104 valence electrons. The summed E-state index contributed by atoms with van der Waals surface area (Å²) in [5.41, 5.74) is 8.04. The number of nitrogen functional groups attached to an aromatic ring is 1. The summed E-state index contributed by atoms with van der Waals surface area (Å²) >= 11 is 5.96. The Morgan fingerprint density at radius 2 is 2.16 bits per heavy atom. The number of nitrogens with two attached hydrogens (primary N) is 1. The number of benzene rings is 1. The van der Waals surface area contributed by atoms with Gasteiger partial charge in [-0.2, -0.15) is 0 Å². The van der Waals surface area contributed by atoms with Gasteiger partial charge in [-0.1, -0.05) is 30.5 Å².